The summed E-state index contributed by atoms with van der Waals surface area (Å²) in [6.07, 6.45) is 4.66. The van der Waals surface area contributed by atoms with Gasteiger partial charge < -0.3 is 19.3 Å². The van der Waals surface area contributed by atoms with E-state index in [9.17, 15) is 5.11 Å². The van der Waals surface area contributed by atoms with Crippen LogP contribution in [0.4, 0.5) is 0 Å². The lowest BCUT2D eigenvalue weighted by atomic mass is 9.78. The van der Waals surface area contributed by atoms with Gasteiger partial charge in [-0.1, -0.05) is 25.3 Å². The predicted octanol–water partition coefficient (Wildman–Crippen LogP) is 3.23. The minimum absolute atomic E-state index is 0.448. The predicted molar refractivity (Wildman–Crippen MR) is 79.8 cm³/mol. The molecule has 1 aromatic rings. The van der Waals surface area contributed by atoms with Crippen molar-refractivity contribution in [3.8, 4) is 11.5 Å². The summed E-state index contributed by atoms with van der Waals surface area (Å²) in [4.78, 5) is 0. The summed E-state index contributed by atoms with van der Waals surface area (Å²) in [7, 11) is 0. The van der Waals surface area contributed by atoms with Crippen molar-refractivity contribution >= 4 is 0 Å². The van der Waals surface area contributed by atoms with Crippen LogP contribution in [0.3, 0.4) is 0 Å². The van der Waals surface area contributed by atoms with Gasteiger partial charge in [-0.15, -0.1) is 0 Å². The molecule has 1 heterocycles. The van der Waals surface area contributed by atoms with Crippen LogP contribution in [0.1, 0.15) is 50.7 Å². The Morgan fingerprint density at radius 1 is 1.14 bits per heavy atom. The van der Waals surface area contributed by atoms with Crippen LogP contribution in [0.2, 0.25) is 0 Å². The van der Waals surface area contributed by atoms with E-state index >= 15 is 0 Å². The molecule has 1 saturated carbocycles. The number of hydrogen-bond donors (Lipinski definition) is 1. The van der Waals surface area contributed by atoms with E-state index in [0.29, 0.717) is 19.8 Å². The van der Waals surface area contributed by atoms with Crippen LogP contribution < -0.4 is 9.47 Å². The molecule has 1 fully saturated rings. The first-order valence-electron chi connectivity index (χ1n) is 7.97. The number of ether oxygens (including phenoxy) is 3. The molecule has 1 aromatic carbocycles. The SMILES string of the molecule is CCOC1(C(O)c2ccc3c(c2)OCCO3)CCCCC1. The molecule has 3 rings (SSSR count). The summed E-state index contributed by atoms with van der Waals surface area (Å²) in [5, 5.41) is 10.9. The lowest BCUT2D eigenvalue weighted by molar-refractivity contribution is -0.141. The van der Waals surface area contributed by atoms with Gasteiger partial charge in [0, 0.05) is 6.61 Å². The fraction of sp³-hybridized carbons (Fsp3) is 0.647. The van der Waals surface area contributed by atoms with Crippen LogP contribution >= 0.6 is 0 Å². The maximum atomic E-state index is 10.9. The van der Waals surface area contributed by atoms with E-state index in [0.717, 1.165) is 42.7 Å². The summed E-state index contributed by atoms with van der Waals surface area (Å²) < 4.78 is 17.2. The number of aliphatic hydroxyl groups is 1. The highest BCUT2D eigenvalue weighted by Crippen LogP contribution is 2.43. The minimum atomic E-state index is -0.617. The largest absolute Gasteiger partial charge is 0.486 e. The summed E-state index contributed by atoms with van der Waals surface area (Å²) in [5.41, 5.74) is 0.408. The van der Waals surface area contributed by atoms with E-state index in [4.69, 9.17) is 14.2 Å². The Bertz CT molecular complexity index is 474. The molecular weight excluding hydrogens is 268 g/mol. The van der Waals surface area contributed by atoms with Crippen molar-refractivity contribution in [3.63, 3.8) is 0 Å². The Morgan fingerprint density at radius 3 is 2.57 bits per heavy atom. The molecule has 0 bridgehead atoms. The molecule has 21 heavy (non-hydrogen) atoms. The molecule has 1 atom stereocenters. The molecule has 0 amide bonds. The van der Waals surface area contributed by atoms with Gasteiger partial charge in [0.15, 0.2) is 11.5 Å². The van der Waals surface area contributed by atoms with E-state index in [1.54, 1.807) is 0 Å². The number of aliphatic hydroxyl groups excluding tert-OH is 1. The van der Waals surface area contributed by atoms with Gasteiger partial charge in [-0.05, 0) is 37.5 Å². The summed E-state index contributed by atoms with van der Waals surface area (Å²) in [5.74, 6) is 1.48. The molecule has 1 N–H and O–H groups in total. The van der Waals surface area contributed by atoms with Gasteiger partial charge >= 0.3 is 0 Å². The van der Waals surface area contributed by atoms with Gasteiger partial charge in [0.1, 0.15) is 19.3 Å². The van der Waals surface area contributed by atoms with Gasteiger partial charge in [-0.2, -0.15) is 0 Å². The summed E-state index contributed by atoms with van der Waals surface area (Å²) >= 11 is 0. The van der Waals surface area contributed by atoms with Crippen molar-refractivity contribution in [2.45, 2.75) is 50.7 Å². The van der Waals surface area contributed by atoms with Crippen LogP contribution in [-0.2, 0) is 4.74 Å². The molecule has 0 aromatic heterocycles. The molecule has 1 unspecified atom stereocenters. The van der Waals surface area contributed by atoms with Gasteiger partial charge in [0.05, 0.1) is 5.60 Å². The van der Waals surface area contributed by atoms with Crippen molar-refractivity contribution in [1.29, 1.82) is 0 Å². The van der Waals surface area contributed by atoms with Gasteiger partial charge in [-0.25, -0.2) is 0 Å². The lowest BCUT2D eigenvalue weighted by Crippen LogP contribution is -2.41. The van der Waals surface area contributed by atoms with Gasteiger partial charge in [-0.3, -0.25) is 0 Å². The fourth-order valence-corrected chi connectivity index (χ4v) is 3.47. The van der Waals surface area contributed by atoms with Crippen LogP contribution in [0.5, 0.6) is 11.5 Å². The molecular formula is C17H24O4. The third-order valence-corrected chi connectivity index (χ3v) is 4.51. The zero-order valence-electron chi connectivity index (χ0n) is 12.6. The minimum Gasteiger partial charge on any atom is -0.486 e. The first kappa shape index (κ1) is 14.7. The van der Waals surface area contributed by atoms with Crippen molar-refractivity contribution < 1.29 is 19.3 Å². The first-order chi connectivity index (χ1) is 10.2. The zero-order valence-corrected chi connectivity index (χ0v) is 12.6. The highest BCUT2D eigenvalue weighted by molar-refractivity contribution is 5.44. The van der Waals surface area contributed by atoms with E-state index < -0.39 is 11.7 Å². The number of benzene rings is 1. The third-order valence-electron chi connectivity index (χ3n) is 4.51. The normalized spacial score (nSPS) is 21.8. The number of hydrogen-bond acceptors (Lipinski definition) is 4. The van der Waals surface area contributed by atoms with Crippen molar-refractivity contribution in [2.75, 3.05) is 19.8 Å². The number of rotatable bonds is 4. The lowest BCUT2D eigenvalue weighted by Gasteiger charge is -2.41. The second-order valence-electron chi connectivity index (χ2n) is 5.86. The van der Waals surface area contributed by atoms with E-state index in [2.05, 4.69) is 0 Å². The summed E-state index contributed by atoms with van der Waals surface area (Å²) in [6, 6.07) is 5.71. The van der Waals surface area contributed by atoms with E-state index in [1.165, 1.54) is 6.42 Å². The Kier molecular flexibility index (Phi) is 4.36. The maximum Gasteiger partial charge on any atom is 0.161 e. The van der Waals surface area contributed by atoms with Crippen molar-refractivity contribution in [1.82, 2.24) is 0 Å². The second-order valence-corrected chi connectivity index (χ2v) is 5.86. The Hall–Kier alpha value is -1.26. The molecule has 4 heteroatoms. The van der Waals surface area contributed by atoms with Crippen LogP contribution in [-0.4, -0.2) is 30.5 Å². The fourth-order valence-electron chi connectivity index (χ4n) is 3.47. The Labute approximate surface area is 126 Å². The monoisotopic (exact) mass is 292 g/mol. The molecule has 0 radical (unpaired) electrons. The Balaban J connectivity index is 1.86. The molecule has 0 spiro atoms. The molecule has 1 aliphatic carbocycles. The standard InChI is InChI=1S/C17H24O4/c1-2-21-17(8-4-3-5-9-17)16(18)13-6-7-14-15(12-13)20-11-10-19-14/h6-7,12,16,18H,2-5,8-11H2,1H3. The van der Waals surface area contributed by atoms with E-state index in [1.807, 2.05) is 25.1 Å². The highest BCUT2D eigenvalue weighted by atomic mass is 16.6. The van der Waals surface area contributed by atoms with E-state index in [-0.39, 0.29) is 0 Å². The molecule has 4 nitrogen and oxygen atoms in total. The number of fused-ring (bicyclic) bond motifs is 1. The maximum absolute atomic E-state index is 10.9. The molecule has 116 valence electrons. The third kappa shape index (κ3) is 2.87. The molecule has 0 saturated heterocycles. The van der Waals surface area contributed by atoms with Crippen LogP contribution in [0, 0.1) is 0 Å². The first-order valence-corrected chi connectivity index (χ1v) is 7.97. The molecule has 2 aliphatic rings. The average molecular weight is 292 g/mol. The topological polar surface area (TPSA) is 47.9 Å². The quantitative estimate of drug-likeness (QED) is 0.925. The molecule has 1 aliphatic heterocycles. The van der Waals surface area contributed by atoms with Crippen molar-refractivity contribution in [3.05, 3.63) is 23.8 Å². The van der Waals surface area contributed by atoms with Crippen LogP contribution in [0.25, 0.3) is 0 Å². The summed E-state index contributed by atoms with van der Waals surface area (Å²) in [6.45, 7) is 3.76. The zero-order chi connectivity index (χ0) is 14.7. The Morgan fingerprint density at radius 2 is 1.86 bits per heavy atom. The smallest absolute Gasteiger partial charge is 0.161 e. The van der Waals surface area contributed by atoms with Gasteiger partial charge in [0.2, 0.25) is 0 Å². The van der Waals surface area contributed by atoms with Gasteiger partial charge in [0.25, 0.3) is 0 Å². The second kappa shape index (κ2) is 6.24. The van der Waals surface area contributed by atoms with Crippen LogP contribution in [0.15, 0.2) is 18.2 Å². The van der Waals surface area contributed by atoms with Crippen molar-refractivity contribution in [2.24, 2.45) is 0 Å². The highest BCUT2D eigenvalue weighted by Gasteiger charge is 2.41. The average Bonchev–Trinajstić information content (AvgIpc) is 2.55.